The molecule has 0 spiro atoms. The number of hydrogen-bond acceptors (Lipinski definition) is 1. The number of hydrogen-bond donors (Lipinski definition) is 0. The van der Waals surface area contributed by atoms with Crippen LogP contribution in [-0.2, 0) is 4.74 Å². The van der Waals surface area contributed by atoms with Gasteiger partial charge in [0.15, 0.2) is 0 Å². The molecule has 0 aromatic heterocycles. The second-order valence-corrected chi connectivity index (χ2v) is 5.18. The van der Waals surface area contributed by atoms with Crippen molar-refractivity contribution >= 4 is 0 Å². The van der Waals surface area contributed by atoms with Crippen LogP contribution >= 0.6 is 0 Å². The van der Waals surface area contributed by atoms with Crippen molar-refractivity contribution in [1.82, 2.24) is 0 Å². The van der Waals surface area contributed by atoms with Gasteiger partial charge in [-0.1, -0.05) is 17.7 Å². The highest BCUT2D eigenvalue weighted by molar-refractivity contribution is 5.39. The first-order valence-electron chi connectivity index (χ1n) is 6.31. The molecule has 0 aliphatic carbocycles. The zero-order valence-electron chi connectivity index (χ0n) is 10.8. The summed E-state index contributed by atoms with van der Waals surface area (Å²) < 4.78 is 6.07. The quantitative estimate of drug-likeness (QED) is 0.685. The van der Waals surface area contributed by atoms with Gasteiger partial charge in [0.05, 0.1) is 12.2 Å². The van der Waals surface area contributed by atoms with Crippen LogP contribution in [0.2, 0.25) is 0 Å². The van der Waals surface area contributed by atoms with Crippen molar-refractivity contribution in [2.45, 2.75) is 59.2 Å². The van der Waals surface area contributed by atoms with Crippen LogP contribution in [-0.4, -0.2) is 6.10 Å². The molecule has 1 heteroatoms. The first-order chi connectivity index (χ1) is 7.58. The minimum Gasteiger partial charge on any atom is -0.371 e. The van der Waals surface area contributed by atoms with Gasteiger partial charge in [0.1, 0.15) is 0 Å². The first kappa shape index (κ1) is 11.7. The van der Waals surface area contributed by atoms with Crippen LogP contribution in [0.4, 0.5) is 0 Å². The molecule has 1 aliphatic heterocycles. The lowest BCUT2D eigenvalue weighted by Crippen LogP contribution is -2.20. The third-order valence-corrected chi connectivity index (χ3v) is 3.53. The molecule has 1 heterocycles. The topological polar surface area (TPSA) is 9.23 Å². The van der Waals surface area contributed by atoms with Crippen molar-refractivity contribution in [3.63, 3.8) is 0 Å². The Morgan fingerprint density at radius 1 is 1.06 bits per heavy atom. The molecule has 0 bridgehead atoms. The molecule has 0 N–H and O–H groups in total. The molecule has 1 aliphatic rings. The SMILES string of the molecule is Cc1cc(C)c([C@H]2CCC[C@@H](C)O2)c(C)c1. The lowest BCUT2D eigenvalue weighted by Gasteiger charge is -2.30. The summed E-state index contributed by atoms with van der Waals surface area (Å²) in [5, 5.41) is 0. The van der Waals surface area contributed by atoms with E-state index in [1.165, 1.54) is 41.5 Å². The van der Waals surface area contributed by atoms with E-state index in [1.54, 1.807) is 0 Å². The van der Waals surface area contributed by atoms with Gasteiger partial charge in [-0.25, -0.2) is 0 Å². The highest BCUT2D eigenvalue weighted by Gasteiger charge is 2.23. The smallest absolute Gasteiger partial charge is 0.0833 e. The Bertz CT molecular complexity index is 358. The van der Waals surface area contributed by atoms with Gasteiger partial charge < -0.3 is 4.74 Å². The normalized spacial score (nSPS) is 25.8. The van der Waals surface area contributed by atoms with E-state index in [2.05, 4.69) is 39.8 Å². The van der Waals surface area contributed by atoms with E-state index in [0.29, 0.717) is 12.2 Å². The van der Waals surface area contributed by atoms with Gasteiger partial charge in [-0.15, -0.1) is 0 Å². The molecule has 1 aromatic rings. The van der Waals surface area contributed by atoms with Crippen LogP contribution in [0.15, 0.2) is 12.1 Å². The van der Waals surface area contributed by atoms with Crippen molar-refractivity contribution in [1.29, 1.82) is 0 Å². The maximum absolute atomic E-state index is 6.07. The first-order valence-corrected chi connectivity index (χ1v) is 6.31. The fourth-order valence-electron chi connectivity index (χ4n) is 2.92. The summed E-state index contributed by atoms with van der Waals surface area (Å²) in [5.74, 6) is 0. The summed E-state index contributed by atoms with van der Waals surface area (Å²) >= 11 is 0. The molecule has 0 radical (unpaired) electrons. The predicted molar refractivity (Wildman–Crippen MR) is 67.8 cm³/mol. The molecule has 2 atom stereocenters. The fourth-order valence-corrected chi connectivity index (χ4v) is 2.92. The monoisotopic (exact) mass is 218 g/mol. The Kier molecular flexibility index (Phi) is 3.34. The average Bonchev–Trinajstić information content (AvgIpc) is 2.15. The molecule has 0 amide bonds. The molecule has 88 valence electrons. The standard InChI is InChI=1S/C15H22O/c1-10-8-11(2)15(12(3)9-10)14-7-5-6-13(4)16-14/h8-9,13-14H,5-7H2,1-4H3/t13-,14-/m1/s1. The Hall–Kier alpha value is -0.820. The minimum atomic E-state index is 0.323. The molecular weight excluding hydrogens is 196 g/mol. The van der Waals surface area contributed by atoms with Crippen LogP contribution in [0.25, 0.3) is 0 Å². The second-order valence-electron chi connectivity index (χ2n) is 5.18. The van der Waals surface area contributed by atoms with Gasteiger partial charge in [-0.3, -0.25) is 0 Å². The second kappa shape index (κ2) is 4.58. The molecule has 1 nitrogen and oxygen atoms in total. The molecule has 2 rings (SSSR count). The zero-order valence-corrected chi connectivity index (χ0v) is 10.8. The predicted octanol–water partition coefficient (Wildman–Crippen LogP) is 4.24. The van der Waals surface area contributed by atoms with Crippen LogP contribution in [0, 0.1) is 20.8 Å². The summed E-state index contributed by atoms with van der Waals surface area (Å²) in [6.45, 7) is 8.76. The van der Waals surface area contributed by atoms with Crippen molar-refractivity contribution in [2.24, 2.45) is 0 Å². The number of benzene rings is 1. The molecule has 1 saturated heterocycles. The maximum Gasteiger partial charge on any atom is 0.0833 e. The summed E-state index contributed by atoms with van der Waals surface area (Å²) in [7, 11) is 0. The Labute approximate surface area is 98.8 Å². The average molecular weight is 218 g/mol. The van der Waals surface area contributed by atoms with E-state index in [1.807, 2.05) is 0 Å². The van der Waals surface area contributed by atoms with Crippen molar-refractivity contribution in [3.05, 3.63) is 34.4 Å². The molecule has 0 unspecified atom stereocenters. The lowest BCUT2D eigenvalue weighted by atomic mass is 9.91. The van der Waals surface area contributed by atoms with Crippen LogP contribution in [0.3, 0.4) is 0 Å². The molecule has 1 aromatic carbocycles. The summed E-state index contributed by atoms with van der Waals surface area (Å²) in [6, 6.07) is 4.54. The number of ether oxygens (including phenoxy) is 1. The van der Waals surface area contributed by atoms with Gasteiger partial charge in [0, 0.05) is 0 Å². The molecule has 0 saturated carbocycles. The number of rotatable bonds is 1. The molecule has 1 fully saturated rings. The maximum atomic E-state index is 6.07. The zero-order chi connectivity index (χ0) is 11.7. The Morgan fingerprint density at radius 3 is 2.25 bits per heavy atom. The molecule has 16 heavy (non-hydrogen) atoms. The van der Waals surface area contributed by atoms with E-state index in [0.717, 1.165) is 0 Å². The highest BCUT2D eigenvalue weighted by Crippen LogP contribution is 2.34. The Morgan fingerprint density at radius 2 is 1.69 bits per heavy atom. The van der Waals surface area contributed by atoms with E-state index in [9.17, 15) is 0 Å². The van der Waals surface area contributed by atoms with Gasteiger partial charge in [-0.05, 0) is 63.6 Å². The van der Waals surface area contributed by atoms with Crippen LogP contribution in [0.1, 0.15) is 54.5 Å². The van der Waals surface area contributed by atoms with Gasteiger partial charge >= 0.3 is 0 Å². The van der Waals surface area contributed by atoms with Crippen molar-refractivity contribution in [2.75, 3.05) is 0 Å². The van der Waals surface area contributed by atoms with Crippen LogP contribution in [0.5, 0.6) is 0 Å². The fraction of sp³-hybridized carbons (Fsp3) is 0.600. The van der Waals surface area contributed by atoms with E-state index in [4.69, 9.17) is 4.74 Å². The Balaban J connectivity index is 2.32. The van der Waals surface area contributed by atoms with Crippen molar-refractivity contribution < 1.29 is 4.74 Å². The summed E-state index contributed by atoms with van der Waals surface area (Å²) in [5.41, 5.74) is 5.55. The minimum absolute atomic E-state index is 0.323. The van der Waals surface area contributed by atoms with E-state index in [-0.39, 0.29) is 0 Å². The molecular formula is C15H22O. The lowest BCUT2D eigenvalue weighted by molar-refractivity contribution is -0.0420. The van der Waals surface area contributed by atoms with Gasteiger partial charge in [0.25, 0.3) is 0 Å². The number of aryl methyl sites for hydroxylation is 3. The van der Waals surface area contributed by atoms with Gasteiger partial charge in [-0.2, -0.15) is 0 Å². The van der Waals surface area contributed by atoms with E-state index < -0.39 is 0 Å². The van der Waals surface area contributed by atoms with E-state index >= 15 is 0 Å². The third kappa shape index (κ3) is 2.30. The van der Waals surface area contributed by atoms with Gasteiger partial charge in [0.2, 0.25) is 0 Å². The largest absolute Gasteiger partial charge is 0.371 e. The third-order valence-electron chi connectivity index (χ3n) is 3.53. The van der Waals surface area contributed by atoms with Crippen molar-refractivity contribution in [3.8, 4) is 0 Å². The summed E-state index contributed by atoms with van der Waals surface area (Å²) in [6.07, 6.45) is 4.41. The highest BCUT2D eigenvalue weighted by atomic mass is 16.5. The summed E-state index contributed by atoms with van der Waals surface area (Å²) in [4.78, 5) is 0. The van der Waals surface area contributed by atoms with Crippen LogP contribution < -0.4 is 0 Å².